The third kappa shape index (κ3) is 3.36. The Balaban J connectivity index is 1.52. The minimum atomic E-state index is 0.0906. The SMILES string of the molecule is OCCOC1CCN(c2cnc3cc(-c4ccncc4)ccn23)CC1. The molecule has 0 spiro atoms. The van der Waals surface area contributed by atoms with Gasteiger partial charge in [0, 0.05) is 31.7 Å². The molecule has 1 N–H and O–H groups in total. The van der Waals surface area contributed by atoms with Gasteiger partial charge in [0.25, 0.3) is 0 Å². The van der Waals surface area contributed by atoms with Crippen molar-refractivity contribution in [2.75, 3.05) is 31.2 Å². The molecule has 0 saturated carbocycles. The maximum Gasteiger partial charge on any atom is 0.138 e. The van der Waals surface area contributed by atoms with Crippen molar-refractivity contribution >= 4 is 11.5 Å². The highest BCUT2D eigenvalue weighted by atomic mass is 16.5. The van der Waals surface area contributed by atoms with Gasteiger partial charge in [-0.3, -0.25) is 9.38 Å². The Hall–Kier alpha value is -2.44. The highest BCUT2D eigenvalue weighted by molar-refractivity contribution is 5.68. The van der Waals surface area contributed by atoms with Crippen molar-refractivity contribution in [2.45, 2.75) is 18.9 Å². The molecule has 4 rings (SSSR count). The molecule has 6 heteroatoms. The fourth-order valence-electron chi connectivity index (χ4n) is 3.40. The lowest BCUT2D eigenvalue weighted by atomic mass is 10.1. The van der Waals surface area contributed by atoms with Crippen molar-refractivity contribution in [1.82, 2.24) is 14.4 Å². The summed E-state index contributed by atoms with van der Waals surface area (Å²) >= 11 is 0. The number of hydrogen-bond donors (Lipinski definition) is 1. The molecule has 130 valence electrons. The molecule has 0 radical (unpaired) electrons. The van der Waals surface area contributed by atoms with Crippen molar-refractivity contribution < 1.29 is 9.84 Å². The van der Waals surface area contributed by atoms with Gasteiger partial charge in [0.05, 0.1) is 25.5 Å². The molecule has 1 fully saturated rings. The average molecular weight is 338 g/mol. The van der Waals surface area contributed by atoms with Crippen LogP contribution in [-0.2, 0) is 4.74 Å². The van der Waals surface area contributed by atoms with Crippen molar-refractivity contribution in [3.63, 3.8) is 0 Å². The van der Waals surface area contributed by atoms with Crippen LogP contribution in [0.25, 0.3) is 16.8 Å². The van der Waals surface area contributed by atoms with Crippen molar-refractivity contribution in [3.8, 4) is 11.1 Å². The van der Waals surface area contributed by atoms with Crippen LogP contribution in [0.15, 0.2) is 49.1 Å². The number of fused-ring (bicyclic) bond motifs is 1. The Bertz CT molecular complexity index is 826. The second-order valence-corrected chi connectivity index (χ2v) is 6.28. The Kier molecular flexibility index (Phi) is 4.63. The lowest BCUT2D eigenvalue weighted by molar-refractivity contribution is 0.0158. The van der Waals surface area contributed by atoms with E-state index in [1.807, 2.05) is 18.3 Å². The van der Waals surface area contributed by atoms with E-state index in [0.29, 0.717) is 6.61 Å². The standard InChI is InChI=1S/C19H22N4O2/c24-11-12-25-17-4-8-22(9-5-17)19-14-21-18-13-16(3-10-23(18)19)15-1-6-20-7-2-15/h1-3,6-7,10,13-14,17,24H,4-5,8-9,11-12H2. The highest BCUT2D eigenvalue weighted by Crippen LogP contribution is 2.25. The maximum atomic E-state index is 8.87. The lowest BCUT2D eigenvalue weighted by Gasteiger charge is -2.32. The molecule has 0 amide bonds. The largest absolute Gasteiger partial charge is 0.394 e. The Morgan fingerprint density at radius 1 is 1.12 bits per heavy atom. The second kappa shape index (κ2) is 7.21. The first-order valence-corrected chi connectivity index (χ1v) is 8.70. The Morgan fingerprint density at radius 2 is 1.92 bits per heavy atom. The van der Waals surface area contributed by atoms with Gasteiger partial charge in [-0.1, -0.05) is 0 Å². The maximum absolute atomic E-state index is 8.87. The zero-order chi connectivity index (χ0) is 17.1. The fourth-order valence-corrected chi connectivity index (χ4v) is 3.40. The Morgan fingerprint density at radius 3 is 2.68 bits per heavy atom. The monoisotopic (exact) mass is 338 g/mol. The Labute approximate surface area is 146 Å². The number of pyridine rings is 2. The van der Waals surface area contributed by atoms with Gasteiger partial charge in [0.2, 0.25) is 0 Å². The van der Waals surface area contributed by atoms with E-state index in [1.54, 1.807) is 12.4 Å². The molecule has 3 aromatic rings. The van der Waals surface area contributed by atoms with Crippen LogP contribution in [0.4, 0.5) is 5.82 Å². The smallest absolute Gasteiger partial charge is 0.138 e. The number of rotatable bonds is 5. The predicted octanol–water partition coefficient (Wildman–Crippen LogP) is 2.37. The van der Waals surface area contributed by atoms with Crippen LogP contribution in [-0.4, -0.2) is 51.9 Å². The number of aromatic nitrogens is 3. The van der Waals surface area contributed by atoms with E-state index in [9.17, 15) is 0 Å². The summed E-state index contributed by atoms with van der Waals surface area (Å²) in [6.07, 6.45) is 9.84. The third-order valence-corrected chi connectivity index (χ3v) is 4.72. The number of nitrogens with zero attached hydrogens (tertiary/aromatic N) is 4. The van der Waals surface area contributed by atoms with Gasteiger partial charge < -0.3 is 14.7 Å². The first-order valence-electron chi connectivity index (χ1n) is 8.70. The van der Waals surface area contributed by atoms with Gasteiger partial charge in [-0.15, -0.1) is 0 Å². The first kappa shape index (κ1) is 16.1. The molecule has 25 heavy (non-hydrogen) atoms. The molecular weight excluding hydrogens is 316 g/mol. The molecule has 3 aromatic heterocycles. The van der Waals surface area contributed by atoms with E-state index in [2.05, 4.69) is 37.6 Å². The van der Waals surface area contributed by atoms with Crippen molar-refractivity contribution in [1.29, 1.82) is 0 Å². The number of ether oxygens (including phenoxy) is 1. The van der Waals surface area contributed by atoms with Gasteiger partial charge in [-0.05, 0) is 48.2 Å². The van der Waals surface area contributed by atoms with E-state index in [0.717, 1.165) is 48.5 Å². The number of piperidine rings is 1. The molecule has 0 aromatic carbocycles. The molecule has 0 aliphatic carbocycles. The lowest BCUT2D eigenvalue weighted by Crippen LogP contribution is -2.38. The molecule has 6 nitrogen and oxygen atoms in total. The van der Waals surface area contributed by atoms with Gasteiger partial charge in [0.1, 0.15) is 11.5 Å². The van der Waals surface area contributed by atoms with Crippen LogP contribution >= 0.6 is 0 Å². The third-order valence-electron chi connectivity index (χ3n) is 4.72. The molecular formula is C19H22N4O2. The molecule has 0 bridgehead atoms. The van der Waals surface area contributed by atoms with Gasteiger partial charge in [-0.25, -0.2) is 4.98 Å². The molecule has 1 saturated heterocycles. The van der Waals surface area contributed by atoms with E-state index >= 15 is 0 Å². The minimum Gasteiger partial charge on any atom is -0.394 e. The molecule has 0 unspecified atom stereocenters. The minimum absolute atomic E-state index is 0.0906. The zero-order valence-electron chi connectivity index (χ0n) is 14.1. The van der Waals surface area contributed by atoms with Crippen LogP contribution in [0.5, 0.6) is 0 Å². The summed E-state index contributed by atoms with van der Waals surface area (Å²) in [6, 6.07) is 8.24. The number of aliphatic hydroxyl groups is 1. The highest BCUT2D eigenvalue weighted by Gasteiger charge is 2.21. The van der Waals surface area contributed by atoms with Crippen LogP contribution in [0.3, 0.4) is 0 Å². The summed E-state index contributed by atoms with van der Waals surface area (Å²) in [4.78, 5) is 11.0. The van der Waals surface area contributed by atoms with Crippen molar-refractivity contribution in [3.05, 3.63) is 49.1 Å². The number of hydrogen-bond acceptors (Lipinski definition) is 5. The topological polar surface area (TPSA) is 62.9 Å². The quantitative estimate of drug-likeness (QED) is 0.774. The van der Waals surface area contributed by atoms with Crippen LogP contribution < -0.4 is 4.90 Å². The molecule has 4 heterocycles. The zero-order valence-corrected chi connectivity index (χ0v) is 14.1. The molecule has 1 aliphatic rings. The summed E-state index contributed by atoms with van der Waals surface area (Å²) in [7, 11) is 0. The van der Waals surface area contributed by atoms with E-state index < -0.39 is 0 Å². The van der Waals surface area contributed by atoms with Gasteiger partial charge in [-0.2, -0.15) is 0 Å². The number of imidazole rings is 1. The summed E-state index contributed by atoms with van der Waals surface area (Å²) < 4.78 is 7.78. The summed E-state index contributed by atoms with van der Waals surface area (Å²) in [6.45, 7) is 2.40. The normalized spacial score (nSPS) is 15.8. The van der Waals surface area contributed by atoms with Gasteiger partial charge in [0.15, 0.2) is 0 Å². The van der Waals surface area contributed by atoms with E-state index in [-0.39, 0.29) is 12.7 Å². The number of aliphatic hydroxyl groups excluding tert-OH is 1. The van der Waals surface area contributed by atoms with E-state index in [1.165, 1.54) is 0 Å². The summed E-state index contributed by atoms with van der Waals surface area (Å²) in [5.74, 6) is 1.12. The van der Waals surface area contributed by atoms with Crippen LogP contribution in [0.1, 0.15) is 12.8 Å². The number of anilines is 1. The van der Waals surface area contributed by atoms with Crippen LogP contribution in [0, 0.1) is 0 Å². The average Bonchev–Trinajstić information content (AvgIpc) is 3.10. The fraction of sp³-hybridized carbons (Fsp3) is 0.368. The van der Waals surface area contributed by atoms with Gasteiger partial charge >= 0.3 is 0 Å². The van der Waals surface area contributed by atoms with Crippen molar-refractivity contribution in [2.24, 2.45) is 0 Å². The summed E-state index contributed by atoms with van der Waals surface area (Å²) in [5, 5.41) is 8.87. The molecule has 1 aliphatic heterocycles. The van der Waals surface area contributed by atoms with Crippen LogP contribution in [0.2, 0.25) is 0 Å². The predicted molar refractivity (Wildman–Crippen MR) is 96.7 cm³/mol. The summed E-state index contributed by atoms with van der Waals surface area (Å²) in [5.41, 5.74) is 3.23. The first-order chi connectivity index (χ1) is 12.3. The van der Waals surface area contributed by atoms with E-state index in [4.69, 9.17) is 9.84 Å². The molecule has 0 atom stereocenters. The second-order valence-electron chi connectivity index (χ2n) is 6.28.